The predicted molar refractivity (Wildman–Crippen MR) is 46.1 cm³/mol. The summed E-state index contributed by atoms with van der Waals surface area (Å²) in [7, 11) is 0. The number of aliphatic hydroxyl groups excluding tert-OH is 4. The molecule has 1 aliphatic rings. The Balaban J connectivity index is 2.66. The fourth-order valence-corrected chi connectivity index (χ4v) is 1.53. The van der Waals surface area contributed by atoms with Crippen molar-refractivity contribution >= 4 is 0 Å². The number of aliphatic hydroxyl groups is 4. The van der Waals surface area contributed by atoms with Gasteiger partial charge in [0.25, 0.3) is 0 Å². The maximum absolute atomic E-state index is 9.38. The van der Waals surface area contributed by atoms with Crippen molar-refractivity contribution in [1.29, 1.82) is 0 Å². The van der Waals surface area contributed by atoms with Crippen LogP contribution in [0.4, 0.5) is 0 Å². The van der Waals surface area contributed by atoms with Crippen molar-refractivity contribution < 1.29 is 20.4 Å². The summed E-state index contributed by atoms with van der Waals surface area (Å²) in [5.41, 5.74) is 0. The molecule has 1 aliphatic heterocycles. The van der Waals surface area contributed by atoms with Crippen LogP contribution in [0.3, 0.4) is 0 Å². The van der Waals surface area contributed by atoms with Crippen LogP contribution in [0.2, 0.25) is 0 Å². The number of hydrogen-bond acceptors (Lipinski definition) is 5. The van der Waals surface area contributed by atoms with Gasteiger partial charge in [0.15, 0.2) is 0 Å². The molecule has 0 unspecified atom stereocenters. The highest BCUT2D eigenvalue weighted by molar-refractivity contribution is 4.88. The number of β-amino-alcohol motifs (C(OH)–C–C–N with tert-alkyl or cyclic N) is 2. The Morgan fingerprint density at radius 3 is 1.69 bits per heavy atom. The van der Waals surface area contributed by atoms with E-state index in [4.69, 9.17) is 0 Å². The minimum Gasteiger partial charge on any atom is -0.389 e. The number of likely N-dealkylation sites (N-methyl/N-ethyl adjacent to an activating group) is 1. The van der Waals surface area contributed by atoms with Crippen LogP contribution in [0.25, 0.3) is 0 Å². The number of nitrogens with zero attached hydrogens (tertiary/aromatic N) is 1. The van der Waals surface area contributed by atoms with E-state index in [0.29, 0.717) is 6.54 Å². The maximum atomic E-state index is 9.38. The quantitative estimate of drug-likeness (QED) is 0.377. The molecule has 0 radical (unpaired) electrons. The lowest BCUT2D eigenvalue weighted by Gasteiger charge is -2.21. The number of hydrogen-bond donors (Lipinski definition) is 4. The molecule has 5 nitrogen and oxygen atoms in total. The summed E-state index contributed by atoms with van der Waals surface area (Å²) in [5, 5.41) is 37.4. The normalized spacial score (nSPS) is 43.2. The van der Waals surface area contributed by atoms with Crippen LogP contribution in [0.5, 0.6) is 0 Å². The first-order valence-corrected chi connectivity index (χ1v) is 4.51. The van der Waals surface area contributed by atoms with E-state index in [9.17, 15) is 20.4 Å². The molecule has 1 rings (SSSR count). The predicted octanol–water partition coefficient (Wildman–Crippen LogP) is -2.23. The molecule has 0 aromatic heterocycles. The Morgan fingerprint density at radius 1 is 1.00 bits per heavy atom. The minimum atomic E-state index is -1.26. The Morgan fingerprint density at radius 2 is 1.38 bits per heavy atom. The van der Waals surface area contributed by atoms with Gasteiger partial charge in [-0.15, -0.1) is 0 Å². The molecule has 4 N–H and O–H groups in total. The Bertz CT molecular complexity index is 150. The molecule has 13 heavy (non-hydrogen) atoms. The van der Waals surface area contributed by atoms with Crippen LogP contribution in [0, 0.1) is 0 Å². The highest BCUT2D eigenvalue weighted by atomic mass is 16.4. The molecule has 78 valence electrons. The van der Waals surface area contributed by atoms with Crippen LogP contribution in [-0.4, -0.2) is 69.4 Å². The standard InChI is InChI=1S/C8H17NO4/c1-2-9-3-5(10)7(12)8(13)6(11)4-9/h5-8,10-13H,2-4H2,1H3/t5-,6-,7+,8+/m0/s1. The summed E-state index contributed by atoms with van der Waals surface area (Å²) in [5.74, 6) is 0. The maximum Gasteiger partial charge on any atom is 0.110 e. The molecule has 0 aromatic carbocycles. The van der Waals surface area contributed by atoms with Crippen molar-refractivity contribution in [2.45, 2.75) is 31.3 Å². The van der Waals surface area contributed by atoms with E-state index < -0.39 is 24.4 Å². The summed E-state index contributed by atoms with van der Waals surface area (Å²) in [6.45, 7) is 3.13. The van der Waals surface area contributed by atoms with Crippen molar-refractivity contribution in [3.05, 3.63) is 0 Å². The van der Waals surface area contributed by atoms with Gasteiger partial charge in [-0.3, -0.25) is 4.90 Å². The third-order valence-corrected chi connectivity index (χ3v) is 2.48. The number of rotatable bonds is 1. The van der Waals surface area contributed by atoms with E-state index in [1.54, 1.807) is 4.90 Å². The van der Waals surface area contributed by atoms with Gasteiger partial charge in [0.2, 0.25) is 0 Å². The summed E-state index contributed by atoms with van der Waals surface area (Å²) < 4.78 is 0. The van der Waals surface area contributed by atoms with E-state index in [0.717, 1.165) is 0 Å². The molecule has 1 heterocycles. The van der Waals surface area contributed by atoms with Crippen molar-refractivity contribution in [2.75, 3.05) is 19.6 Å². The Hall–Kier alpha value is -0.200. The van der Waals surface area contributed by atoms with Gasteiger partial charge in [0.1, 0.15) is 12.2 Å². The van der Waals surface area contributed by atoms with E-state index >= 15 is 0 Å². The minimum absolute atomic E-state index is 0.284. The molecule has 0 spiro atoms. The van der Waals surface area contributed by atoms with Crippen molar-refractivity contribution in [2.24, 2.45) is 0 Å². The SMILES string of the molecule is CCN1C[C@H](O)[C@@H](O)[C@H](O)[C@@H](O)C1. The van der Waals surface area contributed by atoms with E-state index in [1.165, 1.54) is 0 Å². The van der Waals surface area contributed by atoms with Gasteiger partial charge in [-0.2, -0.15) is 0 Å². The monoisotopic (exact) mass is 191 g/mol. The Kier molecular flexibility index (Phi) is 3.63. The van der Waals surface area contributed by atoms with Crippen LogP contribution < -0.4 is 0 Å². The van der Waals surface area contributed by atoms with E-state index in [2.05, 4.69) is 0 Å². The van der Waals surface area contributed by atoms with Crippen LogP contribution in [-0.2, 0) is 0 Å². The summed E-state index contributed by atoms with van der Waals surface area (Å²) >= 11 is 0. The molecule has 0 aliphatic carbocycles. The van der Waals surface area contributed by atoms with Gasteiger partial charge in [-0.25, -0.2) is 0 Å². The zero-order chi connectivity index (χ0) is 10.0. The molecule has 0 saturated carbocycles. The van der Waals surface area contributed by atoms with Crippen molar-refractivity contribution in [1.82, 2.24) is 4.90 Å². The first-order valence-electron chi connectivity index (χ1n) is 4.51. The van der Waals surface area contributed by atoms with Gasteiger partial charge in [-0.05, 0) is 6.54 Å². The lowest BCUT2D eigenvalue weighted by molar-refractivity contribution is -0.0894. The van der Waals surface area contributed by atoms with E-state index in [1.807, 2.05) is 6.92 Å². The van der Waals surface area contributed by atoms with Crippen molar-refractivity contribution in [3.8, 4) is 0 Å². The van der Waals surface area contributed by atoms with Gasteiger partial charge in [0.05, 0.1) is 12.2 Å². The largest absolute Gasteiger partial charge is 0.389 e. The lowest BCUT2D eigenvalue weighted by atomic mass is 10.1. The molecule has 4 atom stereocenters. The highest BCUT2D eigenvalue weighted by Crippen LogP contribution is 2.12. The molecular weight excluding hydrogens is 174 g/mol. The second-order valence-corrected chi connectivity index (χ2v) is 3.47. The fourth-order valence-electron chi connectivity index (χ4n) is 1.53. The average molecular weight is 191 g/mol. The van der Waals surface area contributed by atoms with Gasteiger partial charge in [-0.1, -0.05) is 6.92 Å². The van der Waals surface area contributed by atoms with E-state index in [-0.39, 0.29) is 13.1 Å². The van der Waals surface area contributed by atoms with Crippen LogP contribution >= 0.6 is 0 Å². The van der Waals surface area contributed by atoms with Gasteiger partial charge >= 0.3 is 0 Å². The zero-order valence-corrected chi connectivity index (χ0v) is 7.67. The zero-order valence-electron chi connectivity index (χ0n) is 7.67. The summed E-state index contributed by atoms with van der Waals surface area (Å²) in [6.07, 6.45) is -4.50. The summed E-state index contributed by atoms with van der Waals surface area (Å²) in [4.78, 5) is 1.79. The molecular formula is C8H17NO4. The second-order valence-electron chi connectivity index (χ2n) is 3.47. The first-order chi connectivity index (χ1) is 6.06. The topological polar surface area (TPSA) is 84.2 Å². The molecule has 0 bridgehead atoms. The smallest absolute Gasteiger partial charge is 0.110 e. The van der Waals surface area contributed by atoms with Crippen molar-refractivity contribution in [3.63, 3.8) is 0 Å². The van der Waals surface area contributed by atoms with Gasteiger partial charge < -0.3 is 20.4 Å². The second kappa shape index (κ2) is 4.34. The molecule has 0 amide bonds. The molecule has 1 saturated heterocycles. The third-order valence-electron chi connectivity index (χ3n) is 2.48. The lowest BCUT2D eigenvalue weighted by Crippen LogP contribution is -2.43. The molecule has 5 heteroatoms. The highest BCUT2D eigenvalue weighted by Gasteiger charge is 2.35. The van der Waals surface area contributed by atoms with Crippen LogP contribution in [0.15, 0.2) is 0 Å². The molecule has 0 aromatic rings. The summed E-state index contributed by atoms with van der Waals surface area (Å²) in [6, 6.07) is 0. The Labute approximate surface area is 77.2 Å². The van der Waals surface area contributed by atoms with Crippen LogP contribution in [0.1, 0.15) is 6.92 Å². The van der Waals surface area contributed by atoms with Gasteiger partial charge in [0, 0.05) is 13.1 Å². The molecule has 1 fully saturated rings. The first kappa shape index (κ1) is 10.9. The number of likely N-dealkylation sites (tertiary alicyclic amines) is 1. The third kappa shape index (κ3) is 2.38. The fraction of sp³-hybridized carbons (Fsp3) is 1.00. The average Bonchev–Trinajstić information content (AvgIpc) is 2.20.